The Hall–Kier alpha value is -3.59. The molecule has 0 aliphatic heterocycles. The lowest BCUT2D eigenvalue weighted by atomic mass is 10.1. The van der Waals surface area contributed by atoms with Crippen LogP contribution in [-0.4, -0.2) is 33.0 Å². The van der Waals surface area contributed by atoms with Crippen LogP contribution in [0, 0.1) is 5.82 Å². The molecule has 0 saturated heterocycles. The van der Waals surface area contributed by atoms with Crippen molar-refractivity contribution >= 4 is 17.7 Å². The maximum atomic E-state index is 13.2. The molecule has 2 aromatic carbocycles. The van der Waals surface area contributed by atoms with Crippen molar-refractivity contribution in [1.29, 1.82) is 0 Å². The number of nitrogens with zero attached hydrogens (tertiary/aromatic N) is 3. The van der Waals surface area contributed by atoms with E-state index in [4.69, 9.17) is 9.15 Å². The van der Waals surface area contributed by atoms with Crippen LogP contribution in [0.25, 0.3) is 11.4 Å². The highest BCUT2D eigenvalue weighted by Crippen LogP contribution is 2.30. The van der Waals surface area contributed by atoms with Gasteiger partial charge in [0.1, 0.15) is 17.3 Å². The minimum absolute atomic E-state index is 0.155. The molecule has 34 heavy (non-hydrogen) atoms. The number of methoxy groups -OCH3 is 1. The highest BCUT2D eigenvalue weighted by Gasteiger charge is 2.23. The largest absolute Gasteiger partial charge is 0.497 e. The fourth-order valence-corrected chi connectivity index (χ4v) is 4.29. The predicted molar refractivity (Wildman–Crippen MR) is 128 cm³/mol. The van der Waals surface area contributed by atoms with E-state index in [1.165, 1.54) is 23.9 Å². The molecular formula is C25H25FN4O3S. The molecule has 0 aliphatic carbocycles. The SMILES string of the molecule is COc1cccc(-c2nnc(SC(C)C(=O)NC(C)c3ccc(F)cc3)n2Cc2ccco2)c1. The van der Waals surface area contributed by atoms with Crippen molar-refractivity contribution in [3.8, 4) is 17.1 Å². The van der Waals surface area contributed by atoms with E-state index in [-0.39, 0.29) is 17.8 Å². The Labute approximate surface area is 201 Å². The van der Waals surface area contributed by atoms with Crippen LogP contribution in [0.5, 0.6) is 5.75 Å². The minimum Gasteiger partial charge on any atom is -0.497 e. The van der Waals surface area contributed by atoms with Crippen LogP contribution in [0.3, 0.4) is 0 Å². The van der Waals surface area contributed by atoms with Gasteiger partial charge in [0.25, 0.3) is 0 Å². The molecule has 0 aliphatic rings. The number of rotatable bonds is 9. The van der Waals surface area contributed by atoms with Crippen molar-refractivity contribution in [2.24, 2.45) is 0 Å². The van der Waals surface area contributed by atoms with Crippen molar-refractivity contribution in [3.05, 3.63) is 84.1 Å². The van der Waals surface area contributed by atoms with E-state index in [2.05, 4.69) is 15.5 Å². The Bertz CT molecular complexity index is 1240. The molecule has 176 valence electrons. The average molecular weight is 481 g/mol. The number of nitrogens with one attached hydrogen (secondary N) is 1. The maximum Gasteiger partial charge on any atom is 0.233 e. The first-order valence-electron chi connectivity index (χ1n) is 10.8. The summed E-state index contributed by atoms with van der Waals surface area (Å²) in [7, 11) is 1.61. The zero-order valence-corrected chi connectivity index (χ0v) is 19.9. The van der Waals surface area contributed by atoms with Crippen LogP contribution in [0.15, 0.2) is 76.5 Å². The molecule has 0 fully saturated rings. The Morgan fingerprint density at radius 2 is 1.94 bits per heavy atom. The van der Waals surface area contributed by atoms with E-state index in [1.807, 2.05) is 54.8 Å². The number of carbonyl (C=O) groups is 1. The molecule has 0 radical (unpaired) electrons. The summed E-state index contributed by atoms with van der Waals surface area (Å²) in [5, 5.41) is 11.9. The quantitative estimate of drug-likeness (QED) is 0.336. The summed E-state index contributed by atoms with van der Waals surface area (Å²) in [5.74, 6) is 1.63. The molecular weight excluding hydrogens is 455 g/mol. The molecule has 0 bridgehead atoms. The lowest BCUT2D eigenvalue weighted by molar-refractivity contribution is -0.120. The highest BCUT2D eigenvalue weighted by atomic mass is 32.2. The molecule has 2 heterocycles. The molecule has 4 rings (SSSR count). The Morgan fingerprint density at radius 1 is 1.15 bits per heavy atom. The van der Waals surface area contributed by atoms with Gasteiger partial charge in [-0.25, -0.2) is 4.39 Å². The molecule has 0 spiro atoms. The number of thioether (sulfide) groups is 1. The second-order valence-electron chi connectivity index (χ2n) is 7.75. The third kappa shape index (κ3) is 5.48. The van der Waals surface area contributed by atoms with E-state index in [0.717, 1.165) is 16.9 Å². The van der Waals surface area contributed by atoms with Crippen molar-refractivity contribution in [1.82, 2.24) is 20.1 Å². The first-order chi connectivity index (χ1) is 16.4. The average Bonchev–Trinajstić information content (AvgIpc) is 3.50. The molecule has 0 saturated carbocycles. The van der Waals surface area contributed by atoms with Crippen LogP contribution in [-0.2, 0) is 11.3 Å². The van der Waals surface area contributed by atoms with Gasteiger partial charge in [0.15, 0.2) is 11.0 Å². The van der Waals surface area contributed by atoms with E-state index in [0.29, 0.717) is 23.3 Å². The van der Waals surface area contributed by atoms with Gasteiger partial charge in [-0.05, 0) is 55.8 Å². The number of hydrogen-bond acceptors (Lipinski definition) is 6. The van der Waals surface area contributed by atoms with Gasteiger partial charge >= 0.3 is 0 Å². The second-order valence-corrected chi connectivity index (χ2v) is 9.05. The summed E-state index contributed by atoms with van der Waals surface area (Å²) >= 11 is 1.31. The van der Waals surface area contributed by atoms with Gasteiger partial charge in [-0.15, -0.1) is 10.2 Å². The number of benzene rings is 2. The summed E-state index contributed by atoms with van der Waals surface area (Å²) < 4.78 is 26.0. The van der Waals surface area contributed by atoms with E-state index in [1.54, 1.807) is 25.5 Å². The number of hydrogen-bond donors (Lipinski definition) is 1. The number of furan rings is 1. The summed E-state index contributed by atoms with van der Waals surface area (Å²) in [6.07, 6.45) is 1.62. The molecule has 1 amide bonds. The summed E-state index contributed by atoms with van der Waals surface area (Å²) in [6.45, 7) is 4.09. The Balaban J connectivity index is 1.54. The number of aromatic nitrogens is 3. The minimum atomic E-state index is -0.444. The van der Waals surface area contributed by atoms with Gasteiger partial charge in [-0.2, -0.15) is 0 Å². The lowest BCUT2D eigenvalue weighted by Crippen LogP contribution is -2.33. The molecule has 2 aromatic heterocycles. The van der Waals surface area contributed by atoms with E-state index >= 15 is 0 Å². The molecule has 7 nitrogen and oxygen atoms in total. The molecule has 2 atom stereocenters. The molecule has 9 heteroatoms. The third-order valence-corrected chi connectivity index (χ3v) is 6.40. The molecule has 1 N–H and O–H groups in total. The number of amides is 1. The molecule has 2 unspecified atom stereocenters. The topological polar surface area (TPSA) is 82.2 Å². The van der Waals surface area contributed by atoms with Gasteiger partial charge in [-0.3, -0.25) is 9.36 Å². The summed E-state index contributed by atoms with van der Waals surface area (Å²) in [4.78, 5) is 12.9. The predicted octanol–water partition coefficient (Wildman–Crippen LogP) is 5.09. The monoisotopic (exact) mass is 480 g/mol. The van der Waals surface area contributed by atoms with Crippen LogP contribution in [0.1, 0.15) is 31.2 Å². The number of carbonyl (C=O) groups excluding carboxylic acids is 1. The summed E-state index contributed by atoms with van der Waals surface area (Å²) in [5.41, 5.74) is 1.67. The highest BCUT2D eigenvalue weighted by molar-refractivity contribution is 8.00. The van der Waals surface area contributed by atoms with Crippen molar-refractivity contribution in [3.63, 3.8) is 0 Å². The van der Waals surface area contributed by atoms with Gasteiger partial charge in [0, 0.05) is 5.56 Å². The number of ether oxygens (including phenoxy) is 1. The van der Waals surface area contributed by atoms with Gasteiger partial charge in [0.05, 0.1) is 31.2 Å². The van der Waals surface area contributed by atoms with E-state index in [9.17, 15) is 9.18 Å². The third-order valence-electron chi connectivity index (χ3n) is 5.32. The first-order valence-corrected chi connectivity index (χ1v) is 11.6. The lowest BCUT2D eigenvalue weighted by Gasteiger charge is -2.18. The van der Waals surface area contributed by atoms with Gasteiger partial charge < -0.3 is 14.5 Å². The summed E-state index contributed by atoms with van der Waals surface area (Å²) in [6, 6.07) is 17.1. The second kappa shape index (κ2) is 10.6. The van der Waals surface area contributed by atoms with Crippen LogP contribution in [0.4, 0.5) is 4.39 Å². The van der Waals surface area contributed by atoms with Crippen LogP contribution in [0.2, 0.25) is 0 Å². The van der Waals surface area contributed by atoms with Gasteiger partial charge in [0.2, 0.25) is 5.91 Å². The normalized spacial score (nSPS) is 12.8. The Kier molecular flexibility index (Phi) is 7.32. The first kappa shape index (κ1) is 23.6. The standard InChI is InChI=1S/C25H25FN4O3S/c1-16(18-9-11-20(26)12-10-18)27-24(31)17(2)34-25-29-28-23(19-6-4-7-21(14-19)32-3)30(25)15-22-8-5-13-33-22/h4-14,16-17H,15H2,1-3H3,(H,27,31). The van der Waals surface area contributed by atoms with Crippen molar-refractivity contribution in [2.75, 3.05) is 7.11 Å². The fraction of sp³-hybridized carbons (Fsp3) is 0.240. The number of halogens is 1. The molecule has 4 aromatic rings. The fourth-order valence-electron chi connectivity index (χ4n) is 3.43. The zero-order chi connectivity index (χ0) is 24.1. The van der Waals surface area contributed by atoms with Gasteiger partial charge in [-0.1, -0.05) is 36.0 Å². The zero-order valence-electron chi connectivity index (χ0n) is 19.1. The van der Waals surface area contributed by atoms with Crippen molar-refractivity contribution in [2.45, 2.75) is 36.8 Å². The Morgan fingerprint density at radius 3 is 2.65 bits per heavy atom. The van der Waals surface area contributed by atoms with E-state index < -0.39 is 5.25 Å². The smallest absolute Gasteiger partial charge is 0.233 e. The maximum absolute atomic E-state index is 13.2. The van der Waals surface area contributed by atoms with Crippen LogP contribution < -0.4 is 10.1 Å². The van der Waals surface area contributed by atoms with Crippen molar-refractivity contribution < 1.29 is 18.3 Å². The van der Waals surface area contributed by atoms with Crippen LogP contribution >= 0.6 is 11.8 Å².